The molecule has 1 heterocycles. The third-order valence-corrected chi connectivity index (χ3v) is 10.1. The average molecular weight is 630 g/mol. The predicted octanol–water partition coefficient (Wildman–Crippen LogP) is 3.58. The first-order valence-corrected chi connectivity index (χ1v) is 17.0. The number of nitrogens with one attached hydrogen (secondary N) is 3. The highest BCUT2D eigenvalue weighted by Crippen LogP contribution is 2.31. The van der Waals surface area contributed by atoms with E-state index in [-0.39, 0.29) is 24.3 Å². The van der Waals surface area contributed by atoms with E-state index in [0.29, 0.717) is 12.8 Å². The quantitative estimate of drug-likeness (QED) is 0.256. The monoisotopic (exact) mass is 629 g/mol. The number of rotatable bonds is 15. The lowest BCUT2D eigenvalue weighted by molar-refractivity contribution is -0.124. The number of sulfone groups is 1. The molecule has 0 radical (unpaired) electrons. The third-order valence-electron chi connectivity index (χ3n) is 8.00. The van der Waals surface area contributed by atoms with Crippen molar-refractivity contribution in [3.05, 3.63) is 71.8 Å². The van der Waals surface area contributed by atoms with E-state index in [9.17, 15) is 22.8 Å². The van der Waals surface area contributed by atoms with Crippen LogP contribution in [0.4, 0.5) is 4.79 Å². The summed E-state index contributed by atoms with van der Waals surface area (Å²) >= 11 is 0. The summed E-state index contributed by atoms with van der Waals surface area (Å²) in [5, 5.41) is 8.53. The minimum absolute atomic E-state index is 0.0578. The van der Waals surface area contributed by atoms with Crippen LogP contribution in [0.25, 0.3) is 0 Å². The van der Waals surface area contributed by atoms with Gasteiger partial charge in [0.25, 0.3) is 0 Å². The first-order valence-electron chi connectivity index (χ1n) is 15.1. The number of benzene rings is 2. The fraction of sp³-hybridized carbons (Fsp3) is 0.545. The largest absolute Gasteiger partial charge is 0.447 e. The second-order valence-electron chi connectivity index (χ2n) is 12.7. The molecule has 2 aromatic carbocycles. The SMILES string of the molecule is CC(C)OC(=O)N[C@H](C(=O)N[C@@H](Cc1ccccc1)[C@H]1O[C@H]1CC(=O)NC(Cc1ccccc1)C(C)C)C(C)(C)S(C)(=O)=O. The molecule has 2 aromatic rings. The van der Waals surface area contributed by atoms with Crippen molar-refractivity contribution in [1.82, 2.24) is 16.0 Å². The van der Waals surface area contributed by atoms with Crippen LogP contribution in [0.15, 0.2) is 60.7 Å². The maximum absolute atomic E-state index is 13.7. The topological polar surface area (TPSA) is 143 Å². The zero-order valence-electron chi connectivity index (χ0n) is 26.7. The maximum atomic E-state index is 13.7. The summed E-state index contributed by atoms with van der Waals surface area (Å²) in [6.07, 6.45) is -0.0816. The van der Waals surface area contributed by atoms with E-state index in [1.54, 1.807) is 13.8 Å². The maximum Gasteiger partial charge on any atom is 0.408 e. The van der Waals surface area contributed by atoms with Gasteiger partial charge in [-0.15, -0.1) is 0 Å². The fourth-order valence-electron chi connectivity index (χ4n) is 4.96. The van der Waals surface area contributed by atoms with Crippen molar-refractivity contribution in [1.29, 1.82) is 0 Å². The van der Waals surface area contributed by atoms with Gasteiger partial charge in [-0.3, -0.25) is 9.59 Å². The molecule has 0 aliphatic carbocycles. The zero-order valence-corrected chi connectivity index (χ0v) is 27.5. The first kappa shape index (κ1) is 35.0. The summed E-state index contributed by atoms with van der Waals surface area (Å²) in [6, 6.07) is 17.3. The van der Waals surface area contributed by atoms with Gasteiger partial charge in [0.05, 0.1) is 29.4 Å². The molecule has 0 bridgehead atoms. The van der Waals surface area contributed by atoms with Crippen LogP contribution in [-0.4, -0.2) is 73.8 Å². The van der Waals surface area contributed by atoms with E-state index in [1.807, 2.05) is 60.7 Å². The number of carbonyl (C=O) groups excluding carboxylic acids is 3. The average Bonchev–Trinajstić information content (AvgIpc) is 3.69. The molecule has 1 saturated heterocycles. The second-order valence-corrected chi connectivity index (χ2v) is 15.3. The Morgan fingerprint density at radius 1 is 0.864 bits per heavy atom. The van der Waals surface area contributed by atoms with E-state index in [0.717, 1.165) is 17.4 Å². The van der Waals surface area contributed by atoms with Crippen molar-refractivity contribution in [3.63, 3.8) is 0 Å². The standard InChI is InChI=1S/C33H47N3O7S/c1-21(2)25(18-23-14-10-8-11-15-23)34-28(37)20-27-29(43-27)26(19-24-16-12-9-13-17-24)35-31(38)30(33(5,6)44(7,40)41)36-32(39)42-22(3)4/h8-17,21-22,25-27,29-30H,18-20H2,1-7H3,(H,34,37)(H,35,38)(H,36,39)/t25?,26-,27-,29+,30+/m0/s1. The lowest BCUT2D eigenvalue weighted by Crippen LogP contribution is -2.62. The molecule has 1 aliphatic heterocycles. The van der Waals surface area contributed by atoms with E-state index in [1.165, 1.54) is 13.8 Å². The van der Waals surface area contributed by atoms with E-state index >= 15 is 0 Å². The Kier molecular flexibility index (Phi) is 12.0. The molecule has 1 unspecified atom stereocenters. The van der Waals surface area contributed by atoms with Crippen molar-refractivity contribution in [2.75, 3.05) is 6.26 Å². The second kappa shape index (κ2) is 15.0. The van der Waals surface area contributed by atoms with Crippen LogP contribution in [0.3, 0.4) is 0 Å². The number of hydrogen-bond acceptors (Lipinski definition) is 7. The number of alkyl carbamates (subject to hydrolysis) is 1. The van der Waals surface area contributed by atoms with Crippen LogP contribution in [0.1, 0.15) is 59.1 Å². The zero-order chi connectivity index (χ0) is 32.7. The summed E-state index contributed by atoms with van der Waals surface area (Å²) in [5.41, 5.74) is 2.06. The van der Waals surface area contributed by atoms with Gasteiger partial charge < -0.3 is 25.4 Å². The lowest BCUT2D eigenvalue weighted by atomic mass is 9.95. The number of amides is 3. The molecule has 0 saturated carbocycles. The molecule has 1 fully saturated rings. The van der Waals surface area contributed by atoms with Gasteiger partial charge in [0, 0.05) is 12.3 Å². The lowest BCUT2D eigenvalue weighted by Gasteiger charge is -2.33. The Hall–Kier alpha value is -3.44. The number of ether oxygens (including phenoxy) is 2. The summed E-state index contributed by atoms with van der Waals surface area (Å²) in [5.74, 6) is -0.625. The molecule has 5 atom stereocenters. The molecule has 0 aromatic heterocycles. The number of epoxide rings is 1. The van der Waals surface area contributed by atoms with Crippen molar-refractivity contribution >= 4 is 27.7 Å². The molecule has 3 N–H and O–H groups in total. The van der Waals surface area contributed by atoms with E-state index < -0.39 is 57.0 Å². The van der Waals surface area contributed by atoms with Crippen LogP contribution in [0.5, 0.6) is 0 Å². The highest BCUT2D eigenvalue weighted by molar-refractivity contribution is 7.92. The van der Waals surface area contributed by atoms with Crippen molar-refractivity contribution in [2.45, 2.75) is 102 Å². The van der Waals surface area contributed by atoms with E-state index in [2.05, 4.69) is 29.8 Å². The van der Waals surface area contributed by atoms with Crippen molar-refractivity contribution in [3.8, 4) is 0 Å². The summed E-state index contributed by atoms with van der Waals surface area (Å²) < 4.78 is 34.9. The van der Waals surface area contributed by atoms with Crippen molar-refractivity contribution in [2.24, 2.45) is 5.92 Å². The number of hydrogen-bond donors (Lipinski definition) is 3. The van der Waals surface area contributed by atoms with Crippen molar-refractivity contribution < 1.29 is 32.3 Å². The first-order chi connectivity index (χ1) is 20.6. The highest BCUT2D eigenvalue weighted by Gasteiger charge is 2.49. The molecule has 3 amide bonds. The molecule has 11 heteroatoms. The number of carbonyl (C=O) groups is 3. The van der Waals surface area contributed by atoms with Crippen LogP contribution >= 0.6 is 0 Å². The summed E-state index contributed by atoms with van der Waals surface area (Å²) in [4.78, 5) is 39.3. The predicted molar refractivity (Wildman–Crippen MR) is 170 cm³/mol. The molecular formula is C33H47N3O7S. The molecule has 242 valence electrons. The Balaban J connectivity index is 1.75. The smallest absolute Gasteiger partial charge is 0.408 e. The van der Waals surface area contributed by atoms with Crippen LogP contribution < -0.4 is 16.0 Å². The summed E-state index contributed by atoms with van der Waals surface area (Å²) in [6.45, 7) is 10.2. The minimum atomic E-state index is -3.80. The molecule has 3 rings (SSSR count). The Labute approximate surface area is 261 Å². The van der Waals surface area contributed by atoms with Gasteiger partial charge in [-0.1, -0.05) is 74.5 Å². The molecule has 44 heavy (non-hydrogen) atoms. The fourth-order valence-corrected chi connectivity index (χ4v) is 5.56. The third kappa shape index (κ3) is 10.1. The highest BCUT2D eigenvalue weighted by atomic mass is 32.2. The van der Waals surface area contributed by atoms with Gasteiger partial charge >= 0.3 is 6.09 Å². The van der Waals surface area contributed by atoms with E-state index in [4.69, 9.17) is 9.47 Å². The van der Waals surface area contributed by atoms with Crippen LogP contribution in [-0.2, 0) is 41.7 Å². The van der Waals surface area contributed by atoms with Crippen LogP contribution in [0, 0.1) is 5.92 Å². The Morgan fingerprint density at radius 2 is 1.41 bits per heavy atom. The molecule has 0 spiro atoms. The van der Waals surface area contributed by atoms with Gasteiger partial charge in [0.1, 0.15) is 12.1 Å². The Morgan fingerprint density at radius 3 is 1.91 bits per heavy atom. The van der Waals surface area contributed by atoms with Crippen LogP contribution in [0.2, 0.25) is 0 Å². The van der Waals surface area contributed by atoms with Gasteiger partial charge in [-0.25, -0.2) is 13.2 Å². The summed E-state index contributed by atoms with van der Waals surface area (Å²) in [7, 11) is -3.80. The molecular weight excluding hydrogens is 582 g/mol. The van der Waals surface area contributed by atoms with Gasteiger partial charge in [-0.2, -0.15) is 0 Å². The van der Waals surface area contributed by atoms with Gasteiger partial charge in [0.15, 0.2) is 9.84 Å². The molecule has 10 nitrogen and oxygen atoms in total. The Bertz CT molecular complexity index is 1360. The van der Waals surface area contributed by atoms with Gasteiger partial charge in [0.2, 0.25) is 11.8 Å². The molecule has 1 aliphatic rings. The minimum Gasteiger partial charge on any atom is -0.447 e. The van der Waals surface area contributed by atoms with Gasteiger partial charge in [-0.05, 0) is 57.6 Å². The normalized spacial score (nSPS) is 18.7.